The topological polar surface area (TPSA) is 98.0 Å². The maximum Gasteiger partial charge on any atom is 0.252 e. The molecule has 7 heteroatoms. The van der Waals surface area contributed by atoms with E-state index in [1.807, 2.05) is 6.07 Å². The molecule has 0 aliphatic rings. The molecule has 0 radical (unpaired) electrons. The van der Waals surface area contributed by atoms with Crippen molar-refractivity contribution in [3.8, 4) is 11.4 Å². The lowest BCUT2D eigenvalue weighted by Gasteiger charge is -2.08. The number of carbonyl (C=O) groups is 2. The lowest BCUT2D eigenvalue weighted by Crippen LogP contribution is -2.25. The molecule has 0 bridgehead atoms. The Morgan fingerprint density at radius 1 is 0.862 bits per heavy atom. The van der Waals surface area contributed by atoms with Crippen molar-refractivity contribution in [2.24, 2.45) is 0 Å². The first-order valence-corrected chi connectivity index (χ1v) is 8.92. The summed E-state index contributed by atoms with van der Waals surface area (Å²) in [5.74, 6) is 0.0657. The highest BCUT2D eigenvalue weighted by Crippen LogP contribution is 2.16. The van der Waals surface area contributed by atoms with Crippen LogP contribution >= 0.6 is 0 Å². The number of aromatic nitrogens is 3. The minimum Gasteiger partial charge on any atom is -0.343 e. The van der Waals surface area contributed by atoms with Gasteiger partial charge in [-0.3, -0.25) is 14.6 Å². The number of nitrogens with zero attached hydrogens (tertiary/aromatic N) is 3. The lowest BCUT2D eigenvalue weighted by molar-refractivity contribution is 0.0935. The van der Waals surface area contributed by atoms with Gasteiger partial charge in [0.05, 0.1) is 12.1 Å². The predicted octanol–water partition coefficient (Wildman–Crippen LogP) is 3.29. The van der Waals surface area contributed by atoms with Crippen LogP contribution in [-0.2, 0) is 6.54 Å². The van der Waals surface area contributed by atoms with Crippen LogP contribution in [0.3, 0.4) is 0 Å². The van der Waals surface area contributed by atoms with Gasteiger partial charge in [-0.2, -0.15) is 4.98 Å². The molecule has 0 aliphatic heterocycles. The highest BCUT2D eigenvalue weighted by Gasteiger charge is 2.18. The molecule has 0 atom stereocenters. The molecule has 142 valence electrons. The average Bonchev–Trinajstić information content (AvgIpc) is 3.27. The summed E-state index contributed by atoms with van der Waals surface area (Å²) in [7, 11) is 0. The Morgan fingerprint density at radius 2 is 1.55 bits per heavy atom. The molecule has 7 nitrogen and oxygen atoms in total. The molecule has 4 rings (SSSR count). The summed E-state index contributed by atoms with van der Waals surface area (Å²) < 4.78 is 5.19. The minimum atomic E-state index is -0.395. The van der Waals surface area contributed by atoms with Crippen molar-refractivity contribution >= 4 is 11.7 Å². The fourth-order valence-electron chi connectivity index (χ4n) is 2.82. The van der Waals surface area contributed by atoms with E-state index in [0.717, 1.165) is 5.56 Å². The fourth-order valence-corrected chi connectivity index (χ4v) is 2.82. The molecule has 0 saturated heterocycles. The normalized spacial score (nSPS) is 10.5. The van der Waals surface area contributed by atoms with Gasteiger partial charge in [0.25, 0.3) is 5.91 Å². The Balaban J connectivity index is 1.49. The molecular formula is C22H16N4O3. The van der Waals surface area contributed by atoms with Crippen molar-refractivity contribution in [1.29, 1.82) is 0 Å². The maximum atomic E-state index is 12.8. The number of amides is 1. The van der Waals surface area contributed by atoms with Gasteiger partial charge in [0.2, 0.25) is 11.7 Å². The van der Waals surface area contributed by atoms with Crippen molar-refractivity contribution in [3.63, 3.8) is 0 Å². The van der Waals surface area contributed by atoms with Gasteiger partial charge in [-0.1, -0.05) is 53.7 Å². The lowest BCUT2D eigenvalue weighted by atomic mass is 9.98. The number of hydrogen-bond donors (Lipinski definition) is 1. The molecule has 0 unspecified atom stereocenters. The summed E-state index contributed by atoms with van der Waals surface area (Å²) in [6, 6.07) is 19.1. The summed E-state index contributed by atoms with van der Waals surface area (Å²) in [5, 5.41) is 6.63. The summed E-state index contributed by atoms with van der Waals surface area (Å²) in [4.78, 5) is 33.7. The molecule has 4 aromatic rings. The third-order valence-corrected chi connectivity index (χ3v) is 4.26. The zero-order valence-electron chi connectivity index (χ0n) is 15.3. The maximum absolute atomic E-state index is 12.8. The van der Waals surface area contributed by atoms with Gasteiger partial charge in [0.1, 0.15) is 0 Å². The van der Waals surface area contributed by atoms with Gasteiger partial charge in [-0.15, -0.1) is 0 Å². The first-order chi connectivity index (χ1) is 14.2. The van der Waals surface area contributed by atoms with E-state index in [-0.39, 0.29) is 23.8 Å². The van der Waals surface area contributed by atoms with Crippen LogP contribution in [0.4, 0.5) is 0 Å². The van der Waals surface area contributed by atoms with E-state index in [4.69, 9.17) is 4.52 Å². The molecule has 0 spiro atoms. The van der Waals surface area contributed by atoms with Crippen LogP contribution in [0.2, 0.25) is 0 Å². The average molecular weight is 384 g/mol. The van der Waals surface area contributed by atoms with Crippen LogP contribution < -0.4 is 5.32 Å². The third kappa shape index (κ3) is 4.08. The molecule has 0 saturated carbocycles. The quantitative estimate of drug-likeness (QED) is 0.512. The minimum absolute atomic E-state index is 0.0464. The van der Waals surface area contributed by atoms with E-state index < -0.39 is 5.91 Å². The summed E-state index contributed by atoms with van der Waals surface area (Å²) in [6.07, 6.45) is 3.27. The summed E-state index contributed by atoms with van der Waals surface area (Å²) in [5.41, 5.74) is 1.90. The van der Waals surface area contributed by atoms with Gasteiger partial charge in [-0.25, -0.2) is 0 Å². The zero-order chi connectivity index (χ0) is 20.1. The summed E-state index contributed by atoms with van der Waals surface area (Å²) in [6.45, 7) is 0.0464. The van der Waals surface area contributed by atoms with Crippen LogP contribution in [0.15, 0.2) is 83.6 Å². The second kappa shape index (κ2) is 8.26. The number of pyridine rings is 1. The van der Waals surface area contributed by atoms with Gasteiger partial charge >= 0.3 is 0 Å². The molecule has 0 fully saturated rings. The first kappa shape index (κ1) is 18.2. The standard InChI is InChI=1S/C22H16N4O3/c27-20(15-6-2-1-3-7-15)17-8-4-5-9-18(17)22(28)24-14-19-25-21(26-29-19)16-10-12-23-13-11-16/h1-13H,14H2,(H,24,28). The Labute approximate surface area is 166 Å². The van der Waals surface area contributed by atoms with Gasteiger partial charge < -0.3 is 9.84 Å². The number of benzene rings is 2. The van der Waals surface area contributed by atoms with E-state index in [2.05, 4.69) is 20.4 Å². The third-order valence-electron chi connectivity index (χ3n) is 4.26. The molecule has 2 heterocycles. The Kier molecular flexibility index (Phi) is 5.20. The SMILES string of the molecule is O=C(NCc1nc(-c2ccncc2)no1)c1ccccc1C(=O)c1ccccc1. The van der Waals surface area contributed by atoms with Crippen LogP contribution in [-0.4, -0.2) is 26.8 Å². The van der Waals surface area contributed by atoms with Crippen LogP contribution in [0.5, 0.6) is 0 Å². The molecule has 2 aromatic carbocycles. The fraction of sp³-hybridized carbons (Fsp3) is 0.0455. The van der Waals surface area contributed by atoms with Crippen LogP contribution in [0.1, 0.15) is 32.2 Å². The van der Waals surface area contributed by atoms with Crippen molar-refractivity contribution in [2.75, 3.05) is 0 Å². The number of ketones is 1. The van der Waals surface area contributed by atoms with E-state index in [1.54, 1.807) is 73.1 Å². The second-order valence-electron chi connectivity index (χ2n) is 6.17. The Bertz CT molecular complexity index is 1140. The van der Waals surface area contributed by atoms with Crippen molar-refractivity contribution < 1.29 is 14.1 Å². The molecular weight excluding hydrogens is 368 g/mol. The van der Waals surface area contributed by atoms with Crippen LogP contribution in [0, 0.1) is 0 Å². The van der Waals surface area contributed by atoms with Crippen molar-refractivity contribution in [2.45, 2.75) is 6.54 Å². The number of rotatable bonds is 6. The Hall–Kier alpha value is -4.13. The van der Waals surface area contributed by atoms with Gasteiger partial charge in [0.15, 0.2) is 5.78 Å². The summed E-state index contributed by atoms with van der Waals surface area (Å²) >= 11 is 0. The van der Waals surface area contributed by atoms with Gasteiger partial charge in [-0.05, 0) is 18.2 Å². The van der Waals surface area contributed by atoms with Gasteiger partial charge in [0, 0.05) is 29.1 Å². The molecule has 1 N–H and O–H groups in total. The second-order valence-corrected chi connectivity index (χ2v) is 6.17. The van der Waals surface area contributed by atoms with Crippen molar-refractivity contribution in [3.05, 3.63) is 102 Å². The van der Waals surface area contributed by atoms with E-state index >= 15 is 0 Å². The molecule has 1 amide bonds. The van der Waals surface area contributed by atoms with E-state index in [9.17, 15) is 9.59 Å². The highest BCUT2D eigenvalue weighted by molar-refractivity contribution is 6.15. The number of nitrogens with one attached hydrogen (secondary N) is 1. The van der Waals surface area contributed by atoms with Crippen LogP contribution in [0.25, 0.3) is 11.4 Å². The first-order valence-electron chi connectivity index (χ1n) is 8.92. The highest BCUT2D eigenvalue weighted by atomic mass is 16.5. The number of carbonyl (C=O) groups excluding carboxylic acids is 2. The monoisotopic (exact) mass is 384 g/mol. The number of hydrogen-bond acceptors (Lipinski definition) is 6. The Morgan fingerprint density at radius 3 is 2.31 bits per heavy atom. The molecule has 0 aliphatic carbocycles. The largest absolute Gasteiger partial charge is 0.343 e. The zero-order valence-corrected chi connectivity index (χ0v) is 15.3. The van der Waals surface area contributed by atoms with Crippen molar-refractivity contribution in [1.82, 2.24) is 20.4 Å². The van der Waals surface area contributed by atoms with E-state index in [0.29, 0.717) is 17.0 Å². The molecule has 29 heavy (non-hydrogen) atoms. The van der Waals surface area contributed by atoms with E-state index in [1.165, 1.54) is 0 Å². The molecule has 2 aromatic heterocycles. The smallest absolute Gasteiger partial charge is 0.252 e. The predicted molar refractivity (Wildman–Crippen MR) is 105 cm³/mol.